The Bertz CT molecular complexity index is 1610. The van der Waals surface area contributed by atoms with E-state index < -0.39 is 12.2 Å². The molecule has 1 unspecified atom stereocenters. The number of halogens is 1. The number of carbonyl (C=O) groups excluding carboxylic acids is 2. The van der Waals surface area contributed by atoms with Gasteiger partial charge in [-0.1, -0.05) is 12.1 Å². The summed E-state index contributed by atoms with van der Waals surface area (Å²) in [6.07, 6.45) is 0.0277. The van der Waals surface area contributed by atoms with E-state index in [1.54, 1.807) is 12.1 Å². The lowest BCUT2D eigenvalue weighted by molar-refractivity contribution is -0.194. The number of aromatic nitrogens is 3. The number of morpholine rings is 1. The molecular weight excluding hydrogens is 687 g/mol. The number of carbonyl (C=O) groups is 2. The Kier molecular flexibility index (Phi) is 14.8. The van der Waals surface area contributed by atoms with E-state index in [1.165, 1.54) is 23.5 Å². The second kappa shape index (κ2) is 19.2. The van der Waals surface area contributed by atoms with Gasteiger partial charge in [0.25, 0.3) is 0 Å². The quantitative estimate of drug-likeness (QED) is 0.294. The highest BCUT2D eigenvalue weighted by molar-refractivity contribution is 5.90. The molecule has 3 aliphatic rings. The minimum atomic E-state index is -0.538. The van der Waals surface area contributed by atoms with Gasteiger partial charge in [0.15, 0.2) is 5.75 Å². The molecule has 0 radical (unpaired) electrons. The Labute approximate surface area is 311 Å². The highest BCUT2D eigenvalue weighted by atomic mass is 19.1. The van der Waals surface area contributed by atoms with Crippen LogP contribution in [0.4, 0.5) is 38.4 Å². The minimum absolute atomic E-state index is 0.189. The lowest BCUT2D eigenvalue weighted by Gasteiger charge is -2.29. The Balaban J connectivity index is 0.000000188. The number of amides is 2. The van der Waals surface area contributed by atoms with Gasteiger partial charge in [-0.3, -0.25) is 9.69 Å². The molecule has 1 aromatic heterocycles. The van der Waals surface area contributed by atoms with Crippen molar-refractivity contribution in [1.82, 2.24) is 25.6 Å². The molecule has 0 spiro atoms. The van der Waals surface area contributed by atoms with Crippen molar-refractivity contribution in [3.8, 4) is 5.75 Å². The zero-order chi connectivity index (χ0) is 38.7. The summed E-state index contributed by atoms with van der Waals surface area (Å²) < 4.78 is 24.9. The molecule has 4 heterocycles. The van der Waals surface area contributed by atoms with Crippen LogP contribution in [-0.2, 0) is 32.2 Å². The van der Waals surface area contributed by atoms with E-state index in [-0.39, 0.29) is 24.8 Å². The number of anilines is 5. The van der Waals surface area contributed by atoms with Gasteiger partial charge in [0.2, 0.25) is 23.8 Å². The largest absolute Gasteiger partial charge is 0.442 e. The third-order valence-electron chi connectivity index (χ3n) is 8.38. The molecule has 2 fully saturated rings. The van der Waals surface area contributed by atoms with E-state index in [2.05, 4.69) is 50.7 Å². The lowest BCUT2D eigenvalue weighted by Crippen LogP contribution is -2.36. The van der Waals surface area contributed by atoms with E-state index in [1.807, 2.05) is 68.9 Å². The first-order chi connectivity index (χ1) is 25.2. The molecule has 17 heteroatoms. The van der Waals surface area contributed by atoms with Crippen molar-refractivity contribution >= 4 is 41.2 Å². The molecule has 16 nitrogen and oxygen atoms in total. The molecule has 2 atom stereocenters. The number of cyclic esters (lactones) is 1. The maximum atomic E-state index is 14.4. The minimum Gasteiger partial charge on any atom is -0.442 e. The van der Waals surface area contributed by atoms with Crippen LogP contribution in [0.2, 0.25) is 0 Å². The van der Waals surface area contributed by atoms with E-state index >= 15 is 0 Å². The molecule has 0 saturated carbocycles. The van der Waals surface area contributed by atoms with Crippen LogP contribution in [-0.4, -0.2) is 128 Å². The van der Waals surface area contributed by atoms with Crippen LogP contribution >= 0.6 is 0 Å². The van der Waals surface area contributed by atoms with E-state index in [9.17, 15) is 14.0 Å². The number of hydrogen-bond acceptors (Lipinski definition) is 14. The van der Waals surface area contributed by atoms with Gasteiger partial charge < -0.3 is 44.6 Å². The smallest absolute Gasteiger partial charge is 0.414 e. The molecule has 3 aromatic rings. The Hall–Kier alpha value is -5.00. The summed E-state index contributed by atoms with van der Waals surface area (Å²) in [5, 5.41) is 5.82. The van der Waals surface area contributed by atoms with Crippen LogP contribution in [0.1, 0.15) is 25.0 Å². The van der Waals surface area contributed by atoms with Crippen molar-refractivity contribution in [2.24, 2.45) is 0 Å². The second-order valence-electron chi connectivity index (χ2n) is 13.4. The molecular formula is C36H53FN10O6. The van der Waals surface area contributed by atoms with Crippen LogP contribution in [0.25, 0.3) is 0 Å². The fourth-order valence-electron chi connectivity index (χ4n) is 5.30. The zero-order valence-electron chi connectivity index (χ0n) is 32.2. The van der Waals surface area contributed by atoms with Crippen LogP contribution in [0.3, 0.4) is 0 Å². The molecule has 2 amide bonds. The molecule has 53 heavy (non-hydrogen) atoms. The molecule has 0 aliphatic carbocycles. The number of hydrogen-bond donors (Lipinski definition) is 2. The van der Waals surface area contributed by atoms with E-state index in [0.717, 1.165) is 17.7 Å². The van der Waals surface area contributed by atoms with Crippen LogP contribution < -0.4 is 40.0 Å². The number of fused-ring (bicyclic) bond motifs is 1. The first-order valence-corrected chi connectivity index (χ1v) is 17.5. The van der Waals surface area contributed by atoms with Gasteiger partial charge in [0, 0.05) is 73.9 Å². The number of likely N-dealkylation sites (N-methyl/N-ethyl adjacent to an activating group) is 1. The van der Waals surface area contributed by atoms with Gasteiger partial charge in [-0.05, 0) is 50.2 Å². The number of benzene rings is 2. The lowest BCUT2D eigenvalue weighted by atomic mass is 10.0. The highest BCUT2D eigenvalue weighted by Crippen LogP contribution is 2.29. The molecule has 2 saturated heterocycles. The van der Waals surface area contributed by atoms with Gasteiger partial charge >= 0.3 is 6.09 Å². The van der Waals surface area contributed by atoms with Gasteiger partial charge in [0.1, 0.15) is 18.5 Å². The fraction of sp³-hybridized carbons (Fsp3) is 0.528. The first kappa shape index (κ1) is 40.8. The molecule has 3 aliphatic heterocycles. The summed E-state index contributed by atoms with van der Waals surface area (Å²) in [6.45, 7) is 7.06. The van der Waals surface area contributed by atoms with Gasteiger partial charge in [0.05, 0.1) is 37.7 Å². The van der Waals surface area contributed by atoms with E-state index in [4.69, 9.17) is 19.2 Å². The molecule has 6 rings (SSSR count). The summed E-state index contributed by atoms with van der Waals surface area (Å²) in [4.78, 5) is 54.7. The summed E-state index contributed by atoms with van der Waals surface area (Å²) in [6, 6.07) is 11.4. The van der Waals surface area contributed by atoms with Crippen molar-refractivity contribution in [3.63, 3.8) is 0 Å². The van der Waals surface area contributed by atoms with Crippen molar-refractivity contribution in [3.05, 3.63) is 53.3 Å². The number of rotatable bonds is 10. The third-order valence-corrected chi connectivity index (χ3v) is 8.38. The SMILES string of the molecule is CC(=O)NC[C@H]1CN(c2ccc(N3CCOCC3)c(F)c2)C(=O)O1.CN(C)c1nc(N(C)C)nc(N(C)C)n1.CNC(C)Cc1ccc2c(c1)OOC2. The van der Waals surface area contributed by atoms with Gasteiger partial charge in [-0.15, -0.1) is 0 Å². The van der Waals surface area contributed by atoms with Crippen molar-refractivity contribution in [1.29, 1.82) is 0 Å². The first-order valence-electron chi connectivity index (χ1n) is 17.5. The fourth-order valence-corrected chi connectivity index (χ4v) is 5.30. The van der Waals surface area contributed by atoms with Gasteiger partial charge in [-0.25, -0.2) is 9.18 Å². The Morgan fingerprint density at radius 3 is 2.13 bits per heavy atom. The number of nitrogens with zero attached hydrogens (tertiary/aromatic N) is 8. The molecule has 290 valence electrons. The zero-order valence-corrected chi connectivity index (χ0v) is 32.2. The Morgan fingerprint density at radius 1 is 0.962 bits per heavy atom. The van der Waals surface area contributed by atoms with Crippen LogP contribution in [0, 0.1) is 5.82 Å². The van der Waals surface area contributed by atoms with Crippen molar-refractivity contribution in [2.75, 3.05) is 113 Å². The summed E-state index contributed by atoms with van der Waals surface area (Å²) >= 11 is 0. The Morgan fingerprint density at radius 2 is 1.58 bits per heavy atom. The maximum Gasteiger partial charge on any atom is 0.414 e. The number of ether oxygens (including phenoxy) is 2. The highest BCUT2D eigenvalue weighted by Gasteiger charge is 2.33. The van der Waals surface area contributed by atoms with Crippen LogP contribution in [0.15, 0.2) is 36.4 Å². The monoisotopic (exact) mass is 740 g/mol. The predicted octanol–water partition coefficient (Wildman–Crippen LogP) is 2.85. The average molecular weight is 741 g/mol. The van der Waals surface area contributed by atoms with Crippen molar-refractivity contribution < 1.29 is 33.2 Å². The standard InChI is InChI=1S/C16H20FN3O4.C11H15NO2.C9H18N6/c1-11(21)18-9-13-10-20(16(22)24-13)12-2-3-15(14(17)8-12)19-4-6-23-7-5-19;1-8(12-2)5-9-3-4-10-7-13-14-11(10)6-9;1-13(2)7-10-8(14(3)4)12-9(11-7)15(5)6/h2-3,8,13H,4-7,9-10H2,1H3,(H,18,21);3-4,6,8,12H,5,7H2,1-2H3;1-6H3/t13-;;/m0../s1. The van der Waals surface area contributed by atoms with Crippen molar-refractivity contribution in [2.45, 2.75) is 39.0 Å². The number of nitrogens with one attached hydrogen (secondary N) is 2. The normalized spacial score (nSPS) is 16.6. The average Bonchev–Trinajstić information content (AvgIpc) is 3.77. The molecule has 2 N–H and O–H groups in total. The van der Waals surface area contributed by atoms with Gasteiger partial charge in [-0.2, -0.15) is 19.8 Å². The summed E-state index contributed by atoms with van der Waals surface area (Å²) in [5.74, 6) is 2.29. The van der Waals surface area contributed by atoms with Crippen LogP contribution in [0.5, 0.6) is 5.75 Å². The van der Waals surface area contributed by atoms with E-state index in [0.29, 0.717) is 68.2 Å². The summed E-state index contributed by atoms with van der Waals surface area (Å²) in [7, 11) is 13.4. The summed E-state index contributed by atoms with van der Waals surface area (Å²) in [5.41, 5.74) is 3.35. The second-order valence-corrected chi connectivity index (χ2v) is 13.4. The molecule has 2 aromatic carbocycles. The topological polar surface area (TPSA) is 150 Å². The maximum absolute atomic E-state index is 14.4. The predicted molar refractivity (Wildman–Crippen MR) is 203 cm³/mol. The third kappa shape index (κ3) is 11.8. The molecule has 0 bridgehead atoms.